The van der Waals surface area contributed by atoms with E-state index in [-0.39, 0.29) is 36.2 Å². The third-order valence-corrected chi connectivity index (χ3v) is 8.01. The molecule has 0 bridgehead atoms. The van der Waals surface area contributed by atoms with Gasteiger partial charge in [-0.2, -0.15) is 0 Å². The first-order valence-electron chi connectivity index (χ1n) is 17.6. The molecule has 0 heterocycles. The summed E-state index contributed by atoms with van der Waals surface area (Å²) in [6.45, 7) is 4.57. The minimum absolute atomic E-state index is 0.0483. The molecule has 0 rings (SSSR count). The molecule has 0 saturated heterocycles. The van der Waals surface area contributed by atoms with Gasteiger partial charge in [-0.3, -0.25) is 9.59 Å². The second kappa shape index (κ2) is 27.8. The van der Waals surface area contributed by atoms with E-state index in [1.807, 2.05) is 21.1 Å². The highest BCUT2D eigenvalue weighted by atomic mass is 16.6. The molecule has 43 heavy (non-hydrogen) atoms. The molecule has 0 aromatic rings. The van der Waals surface area contributed by atoms with E-state index in [1.165, 1.54) is 83.5 Å². The molecule has 0 saturated carbocycles. The van der Waals surface area contributed by atoms with Crippen molar-refractivity contribution in [1.82, 2.24) is 0 Å². The molecule has 8 nitrogen and oxygen atoms in total. The molecule has 0 radical (unpaired) electrons. The minimum atomic E-state index is -0.876. The number of carbonyl (C=O) groups is 3. The minimum Gasteiger partial charge on any atom is -0.477 e. The van der Waals surface area contributed by atoms with Gasteiger partial charge in [-0.05, 0) is 12.8 Å². The number of carboxylic acids is 1. The Balaban J connectivity index is 4.18. The number of aliphatic carboxylic acids is 1. The van der Waals surface area contributed by atoms with Crippen molar-refractivity contribution in [2.45, 2.75) is 167 Å². The number of nitrogens with zero attached hydrogens (tertiary/aromatic N) is 1. The molecule has 2 unspecified atom stereocenters. The normalized spacial score (nSPS) is 13.0. The Labute approximate surface area is 264 Å². The van der Waals surface area contributed by atoms with Gasteiger partial charge in [-0.15, -0.1) is 0 Å². The summed E-state index contributed by atoms with van der Waals surface area (Å²) in [6.07, 6.45) is 23.5. The van der Waals surface area contributed by atoms with Gasteiger partial charge in [0.1, 0.15) is 6.61 Å². The lowest BCUT2D eigenvalue weighted by molar-refractivity contribution is -0.887. The summed E-state index contributed by atoms with van der Waals surface area (Å²) in [6, 6.07) is -0.604. The van der Waals surface area contributed by atoms with Crippen LogP contribution in [0.15, 0.2) is 0 Å². The van der Waals surface area contributed by atoms with Crippen molar-refractivity contribution in [3.05, 3.63) is 0 Å². The Morgan fingerprint density at radius 1 is 0.605 bits per heavy atom. The van der Waals surface area contributed by atoms with Crippen LogP contribution in [0.25, 0.3) is 0 Å². The highest BCUT2D eigenvalue weighted by Crippen LogP contribution is 2.15. The summed E-state index contributed by atoms with van der Waals surface area (Å²) in [5.74, 6) is -1.49. The van der Waals surface area contributed by atoms with Crippen LogP contribution in [0.5, 0.6) is 0 Å². The summed E-state index contributed by atoms with van der Waals surface area (Å²) in [5, 5.41) is 9.51. The van der Waals surface area contributed by atoms with Gasteiger partial charge in [-0.1, -0.05) is 123 Å². The predicted octanol–water partition coefficient (Wildman–Crippen LogP) is 8.24. The molecule has 0 aromatic heterocycles. The summed E-state index contributed by atoms with van der Waals surface area (Å²) in [4.78, 5) is 36.2. The zero-order chi connectivity index (χ0) is 32.2. The van der Waals surface area contributed by atoms with Crippen LogP contribution in [-0.4, -0.2) is 80.6 Å². The second-order valence-corrected chi connectivity index (χ2v) is 13.1. The molecule has 0 aliphatic rings. The van der Waals surface area contributed by atoms with Crippen LogP contribution < -0.4 is 0 Å². The molecule has 0 aliphatic heterocycles. The van der Waals surface area contributed by atoms with Gasteiger partial charge in [0.15, 0.2) is 12.1 Å². The fraction of sp³-hybridized carbons (Fsp3) is 0.914. The molecule has 2 atom stereocenters. The summed E-state index contributed by atoms with van der Waals surface area (Å²) < 4.78 is 17.0. The monoisotopic (exact) mass is 614 g/mol. The summed E-state index contributed by atoms with van der Waals surface area (Å²) in [5.41, 5.74) is 0. The van der Waals surface area contributed by atoms with Gasteiger partial charge in [0.25, 0.3) is 0 Å². The molecule has 0 aromatic carbocycles. The third kappa shape index (κ3) is 26.5. The average Bonchev–Trinajstić information content (AvgIpc) is 2.94. The van der Waals surface area contributed by atoms with Crippen LogP contribution in [0.4, 0.5) is 0 Å². The molecular weight excluding hydrogens is 546 g/mol. The number of rotatable bonds is 31. The molecule has 8 heteroatoms. The third-order valence-electron chi connectivity index (χ3n) is 8.01. The number of unbranched alkanes of at least 4 members (excludes halogenated alkanes) is 17. The molecule has 0 spiro atoms. The zero-order valence-corrected chi connectivity index (χ0v) is 28.7. The second-order valence-electron chi connectivity index (χ2n) is 13.1. The first-order valence-corrected chi connectivity index (χ1v) is 17.6. The van der Waals surface area contributed by atoms with Crippen molar-refractivity contribution < 1.29 is 38.2 Å². The van der Waals surface area contributed by atoms with Crippen LogP contribution in [0.3, 0.4) is 0 Å². The number of quaternary nitrogens is 1. The molecule has 0 amide bonds. The van der Waals surface area contributed by atoms with Crippen LogP contribution in [0.2, 0.25) is 0 Å². The van der Waals surface area contributed by atoms with Gasteiger partial charge in [0.2, 0.25) is 0 Å². The number of likely N-dealkylation sites (N-methyl/N-ethyl adjacent to an activating group) is 1. The number of ether oxygens (including phenoxy) is 3. The van der Waals surface area contributed by atoms with Gasteiger partial charge in [0.05, 0.1) is 34.4 Å². The Morgan fingerprint density at radius 3 is 1.49 bits per heavy atom. The molecule has 254 valence electrons. The SMILES string of the molecule is CCCCCCCCCCCCCCCCCCC(=O)OC(COCCC(C(=O)O)[N+](C)(C)C)COC(=O)CCCCC. The van der Waals surface area contributed by atoms with E-state index in [2.05, 4.69) is 13.8 Å². The van der Waals surface area contributed by atoms with Gasteiger partial charge in [-0.25, -0.2) is 4.79 Å². The Kier molecular flexibility index (Phi) is 26.8. The number of carboxylic acid groups (broad SMARTS) is 1. The van der Waals surface area contributed by atoms with E-state index in [0.717, 1.165) is 38.5 Å². The highest BCUT2D eigenvalue weighted by Gasteiger charge is 2.31. The fourth-order valence-corrected chi connectivity index (χ4v) is 5.21. The van der Waals surface area contributed by atoms with Crippen LogP contribution >= 0.6 is 0 Å². The van der Waals surface area contributed by atoms with Gasteiger partial charge >= 0.3 is 17.9 Å². The van der Waals surface area contributed by atoms with E-state index in [0.29, 0.717) is 19.3 Å². The highest BCUT2D eigenvalue weighted by molar-refractivity contribution is 5.72. The predicted molar refractivity (Wildman–Crippen MR) is 174 cm³/mol. The van der Waals surface area contributed by atoms with Crippen molar-refractivity contribution in [1.29, 1.82) is 0 Å². The Hall–Kier alpha value is -1.67. The maximum absolute atomic E-state index is 12.5. The lowest BCUT2D eigenvalue weighted by Gasteiger charge is -2.31. The van der Waals surface area contributed by atoms with Crippen molar-refractivity contribution in [2.24, 2.45) is 0 Å². The summed E-state index contributed by atoms with van der Waals surface area (Å²) >= 11 is 0. The van der Waals surface area contributed by atoms with Gasteiger partial charge < -0.3 is 23.8 Å². The maximum Gasteiger partial charge on any atom is 0.362 e. The van der Waals surface area contributed by atoms with Crippen LogP contribution in [0, 0.1) is 0 Å². The fourth-order valence-electron chi connectivity index (χ4n) is 5.21. The van der Waals surface area contributed by atoms with Crippen molar-refractivity contribution in [3.63, 3.8) is 0 Å². The first kappa shape index (κ1) is 41.3. The van der Waals surface area contributed by atoms with Crippen LogP contribution in [-0.2, 0) is 28.6 Å². The number of esters is 2. The standard InChI is InChI=1S/C35H67NO7/c1-6-8-10-11-12-13-14-15-16-17-18-19-20-21-22-24-26-34(38)43-31(30-42-33(37)25-23-9-7-2)29-41-28-27-32(35(39)40)36(3,4)5/h31-32H,6-30H2,1-5H3/p+1. The molecule has 1 N–H and O–H groups in total. The van der Waals surface area contributed by atoms with Crippen molar-refractivity contribution in [3.8, 4) is 0 Å². The first-order chi connectivity index (χ1) is 20.6. The average molecular weight is 615 g/mol. The van der Waals surface area contributed by atoms with E-state index >= 15 is 0 Å². The molecule has 0 fully saturated rings. The smallest absolute Gasteiger partial charge is 0.362 e. The van der Waals surface area contributed by atoms with Crippen molar-refractivity contribution in [2.75, 3.05) is 41.0 Å². The van der Waals surface area contributed by atoms with Crippen LogP contribution in [0.1, 0.15) is 155 Å². The maximum atomic E-state index is 12.5. The lowest BCUT2D eigenvalue weighted by Crippen LogP contribution is -2.50. The number of hydrogen-bond acceptors (Lipinski definition) is 6. The number of hydrogen-bond donors (Lipinski definition) is 1. The Morgan fingerprint density at radius 2 is 1.02 bits per heavy atom. The van der Waals surface area contributed by atoms with E-state index in [4.69, 9.17) is 14.2 Å². The zero-order valence-electron chi connectivity index (χ0n) is 28.7. The lowest BCUT2D eigenvalue weighted by atomic mass is 10.0. The topological polar surface area (TPSA) is 99.1 Å². The van der Waals surface area contributed by atoms with E-state index in [1.54, 1.807) is 0 Å². The summed E-state index contributed by atoms with van der Waals surface area (Å²) in [7, 11) is 5.50. The van der Waals surface area contributed by atoms with E-state index < -0.39 is 18.1 Å². The largest absolute Gasteiger partial charge is 0.477 e. The molecule has 0 aliphatic carbocycles. The number of carbonyl (C=O) groups excluding carboxylic acids is 2. The molecular formula is C35H68NO7+. The quantitative estimate of drug-likeness (QED) is 0.0477. The Bertz CT molecular complexity index is 692. The van der Waals surface area contributed by atoms with Crippen molar-refractivity contribution >= 4 is 17.9 Å². The van der Waals surface area contributed by atoms with Gasteiger partial charge in [0, 0.05) is 19.3 Å². The van der Waals surface area contributed by atoms with E-state index in [9.17, 15) is 19.5 Å².